The van der Waals surface area contributed by atoms with E-state index in [0.717, 1.165) is 27.0 Å². The lowest BCUT2D eigenvalue weighted by Gasteiger charge is -2.18. The Morgan fingerprint density at radius 1 is 1.10 bits per heavy atom. The molecule has 4 N–H and O–H groups in total. The van der Waals surface area contributed by atoms with Gasteiger partial charge in [0.25, 0.3) is 5.56 Å². The molecule has 3 rings (SSSR count). The van der Waals surface area contributed by atoms with Crippen LogP contribution < -0.4 is 11.2 Å². The Morgan fingerprint density at radius 2 is 1.77 bits per heavy atom. The zero-order valence-electron chi connectivity index (χ0n) is 15.4. The number of hydrogen-bond acceptors (Lipinski definition) is 7. The number of hydrogen-bond donors (Lipinski definition) is 4. The third-order valence-corrected chi connectivity index (χ3v) is 5.39. The molecule has 4 atom stereocenters. The molecule has 1 aliphatic heterocycles. The highest BCUT2D eigenvalue weighted by Crippen LogP contribution is 2.38. The second-order valence-electron chi connectivity index (χ2n) is 6.70. The highest BCUT2D eigenvalue weighted by atomic mass is 35.5. The summed E-state index contributed by atoms with van der Waals surface area (Å²) in [6.45, 7) is -0.653. The average molecular weight is 463 g/mol. The molecule has 0 bridgehead atoms. The SMILES string of the molecule is O=c1ccn([C@@H]2O[C@H](COP(=O)(O)O)[C@H](O)C2O)c(=O)n1CCc1ccc(Cl)cc1. The monoisotopic (exact) mass is 462 g/mol. The van der Waals surface area contributed by atoms with Crippen LogP contribution in [0.4, 0.5) is 0 Å². The van der Waals surface area contributed by atoms with Crippen molar-refractivity contribution in [3.8, 4) is 0 Å². The van der Waals surface area contributed by atoms with Crippen LogP contribution in [0.2, 0.25) is 5.02 Å². The molecule has 1 aromatic heterocycles. The lowest BCUT2D eigenvalue weighted by molar-refractivity contribution is -0.0548. The maximum absolute atomic E-state index is 12.8. The molecule has 1 aliphatic rings. The molecule has 11 nitrogen and oxygen atoms in total. The first-order valence-corrected chi connectivity index (χ1v) is 10.8. The van der Waals surface area contributed by atoms with Gasteiger partial charge < -0.3 is 24.7 Å². The van der Waals surface area contributed by atoms with Crippen LogP contribution >= 0.6 is 19.4 Å². The predicted molar refractivity (Wildman–Crippen MR) is 104 cm³/mol. The van der Waals surface area contributed by atoms with Crippen LogP contribution in [0, 0.1) is 0 Å². The van der Waals surface area contributed by atoms with Gasteiger partial charge in [0.05, 0.1) is 6.61 Å². The first-order valence-electron chi connectivity index (χ1n) is 8.85. The van der Waals surface area contributed by atoms with Crippen molar-refractivity contribution in [1.29, 1.82) is 0 Å². The second kappa shape index (κ2) is 9.13. The Morgan fingerprint density at radius 3 is 2.40 bits per heavy atom. The summed E-state index contributed by atoms with van der Waals surface area (Å²) >= 11 is 5.84. The molecule has 13 heteroatoms. The zero-order chi connectivity index (χ0) is 22.1. The van der Waals surface area contributed by atoms with E-state index < -0.39 is 50.2 Å². The van der Waals surface area contributed by atoms with E-state index >= 15 is 0 Å². The Hall–Kier alpha value is -1.82. The summed E-state index contributed by atoms with van der Waals surface area (Å²) in [7, 11) is -4.82. The lowest BCUT2D eigenvalue weighted by atomic mass is 10.1. The van der Waals surface area contributed by atoms with Gasteiger partial charge in [0.2, 0.25) is 0 Å². The molecule has 0 saturated carbocycles. The van der Waals surface area contributed by atoms with Gasteiger partial charge in [-0.2, -0.15) is 0 Å². The Balaban J connectivity index is 1.80. The summed E-state index contributed by atoms with van der Waals surface area (Å²) in [4.78, 5) is 42.5. The molecule has 1 saturated heterocycles. The summed E-state index contributed by atoms with van der Waals surface area (Å²) < 4.78 is 22.4. The molecular formula is C17H20ClN2O9P. The van der Waals surface area contributed by atoms with Crippen LogP contribution in [0.1, 0.15) is 11.8 Å². The van der Waals surface area contributed by atoms with E-state index in [1.807, 2.05) is 0 Å². The maximum Gasteiger partial charge on any atom is 0.469 e. The topological polar surface area (TPSA) is 160 Å². The third kappa shape index (κ3) is 5.26. The van der Waals surface area contributed by atoms with E-state index in [1.54, 1.807) is 24.3 Å². The molecule has 1 fully saturated rings. The number of aliphatic hydroxyl groups is 2. The van der Waals surface area contributed by atoms with Crippen LogP contribution in [0.3, 0.4) is 0 Å². The average Bonchev–Trinajstić information content (AvgIpc) is 2.95. The number of phosphoric ester groups is 1. The van der Waals surface area contributed by atoms with E-state index in [4.69, 9.17) is 26.1 Å². The summed E-state index contributed by atoms with van der Waals surface area (Å²) in [6.07, 6.45) is -4.33. The van der Waals surface area contributed by atoms with Gasteiger partial charge in [0.1, 0.15) is 18.3 Å². The number of phosphoric acid groups is 1. The van der Waals surface area contributed by atoms with Crippen molar-refractivity contribution in [1.82, 2.24) is 9.13 Å². The van der Waals surface area contributed by atoms with Crippen molar-refractivity contribution in [2.24, 2.45) is 0 Å². The highest BCUT2D eigenvalue weighted by Gasteiger charge is 2.45. The summed E-state index contributed by atoms with van der Waals surface area (Å²) in [5, 5.41) is 20.9. The van der Waals surface area contributed by atoms with E-state index in [2.05, 4.69) is 4.52 Å². The van der Waals surface area contributed by atoms with Gasteiger partial charge >= 0.3 is 13.5 Å². The molecule has 0 spiro atoms. The van der Waals surface area contributed by atoms with Gasteiger partial charge in [-0.05, 0) is 24.1 Å². The van der Waals surface area contributed by atoms with Crippen molar-refractivity contribution in [3.63, 3.8) is 0 Å². The number of halogens is 1. The van der Waals surface area contributed by atoms with Gasteiger partial charge in [-0.3, -0.25) is 18.5 Å². The van der Waals surface area contributed by atoms with Gasteiger partial charge in [-0.25, -0.2) is 9.36 Å². The molecule has 1 aromatic carbocycles. The van der Waals surface area contributed by atoms with Crippen molar-refractivity contribution >= 4 is 19.4 Å². The Kier molecular flexibility index (Phi) is 6.95. The fourth-order valence-electron chi connectivity index (χ4n) is 3.09. The Bertz CT molecular complexity index is 1050. The van der Waals surface area contributed by atoms with Gasteiger partial charge in [-0.1, -0.05) is 23.7 Å². The van der Waals surface area contributed by atoms with Crippen molar-refractivity contribution in [2.45, 2.75) is 37.5 Å². The maximum atomic E-state index is 12.8. The summed E-state index contributed by atoms with van der Waals surface area (Å²) in [6, 6.07) is 8.02. The number of ether oxygens (including phenoxy) is 1. The molecule has 1 unspecified atom stereocenters. The number of aromatic nitrogens is 2. The first-order chi connectivity index (χ1) is 14.1. The standard InChI is InChI=1S/C17H20ClN2O9P/c18-11-3-1-10(2-4-11)5-7-19-13(21)6-8-20(17(19)24)16-15(23)14(22)12(29-16)9-28-30(25,26)27/h1-4,6,8,12,14-16,22-23H,5,7,9H2,(H2,25,26,27)/t12-,14+,15?,16-/m1/s1. The summed E-state index contributed by atoms with van der Waals surface area (Å²) in [5.74, 6) is 0. The van der Waals surface area contributed by atoms with Crippen LogP contribution in [0.5, 0.6) is 0 Å². The van der Waals surface area contributed by atoms with E-state index in [9.17, 15) is 24.4 Å². The normalized spacial score (nSPS) is 24.3. The van der Waals surface area contributed by atoms with Crippen molar-refractivity contribution in [2.75, 3.05) is 6.61 Å². The third-order valence-electron chi connectivity index (χ3n) is 4.65. The fraction of sp³-hybridized carbons (Fsp3) is 0.412. The van der Waals surface area contributed by atoms with E-state index in [-0.39, 0.29) is 6.54 Å². The number of benzene rings is 1. The van der Waals surface area contributed by atoms with Crippen molar-refractivity contribution < 1.29 is 33.8 Å². The van der Waals surface area contributed by atoms with Crippen LogP contribution in [0.25, 0.3) is 0 Å². The first kappa shape index (κ1) is 22.9. The van der Waals surface area contributed by atoms with Gasteiger partial charge in [0, 0.05) is 23.8 Å². The van der Waals surface area contributed by atoms with Gasteiger partial charge in [0.15, 0.2) is 6.23 Å². The summed E-state index contributed by atoms with van der Waals surface area (Å²) in [5.41, 5.74) is -0.479. The van der Waals surface area contributed by atoms with Crippen molar-refractivity contribution in [3.05, 3.63) is 68.0 Å². The molecule has 0 aliphatic carbocycles. The Labute approximate surface area is 174 Å². The molecule has 2 heterocycles. The molecular weight excluding hydrogens is 443 g/mol. The van der Waals surface area contributed by atoms with E-state index in [0.29, 0.717) is 11.4 Å². The zero-order valence-corrected chi connectivity index (χ0v) is 17.1. The van der Waals surface area contributed by atoms with Crippen LogP contribution in [-0.2, 0) is 26.8 Å². The van der Waals surface area contributed by atoms with Gasteiger partial charge in [-0.15, -0.1) is 0 Å². The molecule has 2 aromatic rings. The lowest BCUT2D eigenvalue weighted by Crippen LogP contribution is -2.43. The minimum Gasteiger partial charge on any atom is -0.387 e. The smallest absolute Gasteiger partial charge is 0.387 e. The minimum atomic E-state index is -4.82. The number of aliphatic hydroxyl groups excluding tert-OH is 2. The molecule has 30 heavy (non-hydrogen) atoms. The molecule has 0 amide bonds. The van der Waals surface area contributed by atoms with E-state index in [1.165, 1.54) is 0 Å². The number of rotatable bonds is 7. The fourth-order valence-corrected chi connectivity index (χ4v) is 3.56. The number of aryl methyl sites for hydroxylation is 1. The quantitative estimate of drug-likeness (QED) is 0.402. The molecule has 0 radical (unpaired) electrons. The largest absolute Gasteiger partial charge is 0.469 e. The number of nitrogens with zero attached hydrogens (tertiary/aromatic N) is 2. The molecule has 164 valence electrons. The highest BCUT2D eigenvalue weighted by molar-refractivity contribution is 7.46. The second-order valence-corrected chi connectivity index (χ2v) is 8.38. The van der Waals surface area contributed by atoms with Crippen LogP contribution in [0.15, 0.2) is 46.1 Å². The van der Waals surface area contributed by atoms with Crippen LogP contribution in [-0.4, -0.2) is 54.1 Å². The predicted octanol–water partition coefficient (Wildman–Crippen LogP) is -0.365. The minimum absolute atomic E-state index is 0.0518.